The molecule has 1 amide bonds. The first-order valence-electron chi connectivity index (χ1n) is 8.64. The summed E-state index contributed by atoms with van der Waals surface area (Å²) in [4.78, 5) is 25.3. The Hall–Kier alpha value is -2.79. The molecule has 2 heterocycles. The van der Waals surface area contributed by atoms with Crippen LogP contribution in [0.2, 0.25) is 0 Å². The van der Waals surface area contributed by atoms with Crippen molar-refractivity contribution in [1.29, 1.82) is 0 Å². The van der Waals surface area contributed by atoms with E-state index in [1.807, 2.05) is 22.6 Å². The van der Waals surface area contributed by atoms with Crippen LogP contribution in [0.1, 0.15) is 10.5 Å². The summed E-state index contributed by atoms with van der Waals surface area (Å²) in [5.41, 5.74) is 3.30. The molecule has 0 unspecified atom stereocenters. The normalized spacial score (nSPS) is 11.9. The van der Waals surface area contributed by atoms with Gasteiger partial charge in [0.2, 0.25) is 5.69 Å². The second-order valence-electron chi connectivity index (χ2n) is 6.28. The third-order valence-electron chi connectivity index (χ3n) is 4.25. The standard InChI is InChI=1S/C19H17FIN5O4/c1-22-15-7-23-6-12-16(24-14-4-3-10(21)5-13(14)20)18(26(2)17(12)15)19(29)25-30-9-11(28)8-27/h3-7,11,24,27-28H,8-9H2,2H3,(H,25,29)/t11-/m1/s1. The van der Waals surface area contributed by atoms with Gasteiger partial charge in [-0.05, 0) is 40.8 Å². The van der Waals surface area contributed by atoms with E-state index < -0.39 is 24.4 Å². The van der Waals surface area contributed by atoms with Gasteiger partial charge in [-0.1, -0.05) is 0 Å². The Morgan fingerprint density at radius 3 is 2.90 bits per heavy atom. The number of hydrogen-bond acceptors (Lipinski definition) is 6. The molecule has 0 aliphatic rings. The van der Waals surface area contributed by atoms with Crippen LogP contribution >= 0.6 is 22.6 Å². The molecular weight excluding hydrogens is 508 g/mol. The smallest absolute Gasteiger partial charge is 0.293 e. The van der Waals surface area contributed by atoms with Gasteiger partial charge >= 0.3 is 0 Å². The number of amides is 1. The minimum atomic E-state index is -1.16. The number of carbonyl (C=O) groups excluding carboxylic acids is 1. The van der Waals surface area contributed by atoms with E-state index in [4.69, 9.17) is 16.5 Å². The summed E-state index contributed by atoms with van der Waals surface area (Å²) in [7, 11) is 1.59. The number of nitrogens with one attached hydrogen (secondary N) is 2. The van der Waals surface area contributed by atoms with Gasteiger partial charge in [0.15, 0.2) is 0 Å². The van der Waals surface area contributed by atoms with Crippen LogP contribution < -0.4 is 10.8 Å². The number of carbonyl (C=O) groups is 1. The molecule has 1 aromatic carbocycles. The summed E-state index contributed by atoms with van der Waals surface area (Å²) in [6, 6.07) is 4.59. The number of hydrogen-bond donors (Lipinski definition) is 4. The van der Waals surface area contributed by atoms with E-state index in [1.165, 1.54) is 29.1 Å². The maximum absolute atomic E-state index is 14.4. The number of hydroxylamine groups is 1. The molecule has 11 heteroatoms. The Morgan fingerprint density at radius 1 is 1.47 bits per heavy atom. The number of nitrogens with zero attached hydrogens (tertiary/aromatic N) is 3. The van der Waals surface area contributed by atoms with Gasteiger partial charge in [0.05, 0.1) is 30.1 Å². The molecule has 0 aliphatic carbocycles. The predicted octanol–water partition coefficient (Wildman–Crippen LogP) is 2.63. The quantitative estimate of drug-likeness (QED) is 0.215. The summed E-state index contributed by atoms with van der Waals surface area (Å²) in [5, 5.41) is 21.6. The lowest BCUT2D eigenvalue weighted by Gasteiger charge is -2.13. The third-order valence-corrected chi connectivity index (χ3v) is 4.92. The second-order valence-corrected chi connectivity index (χ2v) is 7.52. The number of fused-ring (bicyclic) bond motifs is 1. The van der Waals surface area contributed by atoms with Crippen LogP contribution in [0.15, 0.2) is 30.6 Å². The highest BCUT2D eigenvalue weighted by atomic mass is 127. The van der Waals surface area contributed by atoms with Crippen LogP contribution in [0.4, 0.5) is 21.5 Å². The van der Waals surface area contributed by atoms with Crippen LogP contribution in [-0.2, 0) is 11.9 Å². The van der Waals surface area contributed by atoms with Crippen molar-refractivity contribution in [2.45, 2.75) is 6.10 Å². The predicted molar refractivity (Wildman–Crippen MR) is 116 cm³/mol. The Bertz CT molecular complexity index is 1140. The number of aliphatic hydroxyl groups is 2. The maximum Gasteiger partial charge on any atom is 0.293 e. The van der Waals surface area contributed by atoms with Crippen molar-refractivity contribution in [2.24, 2.45) is 7.05 Å². The molecule has 3 rings (SSSR count). The molecule has 0 spiro atoms. The Labute approximate surface area is 184 Å². The van der Waals surface area contributed by atoms with Gasteiger partial charge in [-0.25, -0.2) is 14.7 Å². The highest BCUT2D eigenvalue weighted by Crippen LogP contribution is 2.37. The van der Waals surface area contributed by atoms with Gasteiger partial charge < -0.3 is 20.1 Å². The monoisotopic (exact) mass is 525 g/mol. The fourth-order valence-corrected chi connectivity index (χ4v) is 3.34. The fourth-order valence-electron chi connectivity index (χ4n) is 2.89. The highest BCUT2D eigenvalue weighted by molar-refractivity contribution is 14.1. The second kappa shape index (κ2) is 9.35. The molecular formula is C19H17FIN5O4. The minimum absolute atomic E-state index is 0.0688. The first-order chi connectivity index (χ1) is 14.4. The fraction of sp³-hybridized carbons (Fsp3) is 0.211. The summed E-state index contributed by atoms with van der Waals surface area (Å²) in [6.45, 7) is 6.53. The molecule has 0 saturated heterocycles. The summed E-state index contributed by atoms with van der Waals surface area (Å²) < 4.78 is 16.6. The van der Waals surface area contributed by atoms with Crippen LogP contribution in [0.25, 0.3) is 15.7 Å². The molecule has 0 saturated carbocycles. The number of aryl methyl sites for hydroxylation is 1. The molecule has 30 heavy (non-hydrogen) atoms. The zero-order valence-corrected chi connectivity index (χ0v) is 17.8. The molecule has 0 bridgehead atoms. The van der Waals surface area contributed by atoms with Crippen LogP contribution in [0.3, 0.4) is 0 Å². The van der Waals surface area contributed by atoms with Gasteiger partial charge in [0, 0.05) is 28.4 Å². The molecule has 4 N–H and O–H groups in total. The number of anilines is 2. The summed E-state index contributed by atoms with van der Waals surface area (Å²) >= 11 is 1.99. The Balaban J connectivity index is 2.08. The van der Waals surface area contributed by atoms with Gasteiger partial charge in [-0.3, -0.25) is 14.6 Å². The molecule has 0 radical (unpaired) electrons. The van der Waals surface area contributed by atoms with Crippen molar-refractivity contribution in [3.8, 4) is 0 Å². The minimum Gasteiger partial charge on any atom is -0.394 e. The van der Waals surface area contributed by atoms with Gasteiger partial charge in [-0.2, -0.15) is 0 Å². The lowest BCUT2D eigenvalue weighted by Crippen LogP contribution is -2.31. The SMILES string of the molecule is [C-]#[N+]c1cncc2c(Nc3ccc(I)cc3F)c(C(=O)NOC[C@H](O)CO)n(C)c12. The van der Waals surface area contributed by atoms with E-state index >= 15 is 0 Å². The van der Waals surface area contributed by atoms with Gasteiger partial charge in [0.1, 0.15) is 24.2 Å². The van der Waals surface area contributed by atoms with Crippen molar-refractivity contribution >= 4 is 56.5 Å². The number of benzene rings is 1. The number of rotatable bonds is 7. The zero-order valence-electron chi connectivity index (χ0n) is 15.7. The first kappa shape index (κ1) is 21.9. The number of halogens is 2. The van der Waals surface area contributed by atoms with E-state index in [0.717, 1.165) is 0 Å². The van der Waals surface area contributed by atoms with E-state index in [2.05, 4.69) is 20.6 Å². The molecule has 2 aromatic heterocycles. The summed E-state index contributed by atoms with van der Waals surface area (Å²) in [6.07, 6.45) is 1.69. The molecule has 156 valence electrons. The maximum atomic E-state index is 14.4. The van der Waals surface area contributed by atoms with E-state index in [-0.39, 0.29) is 29.4 Å². The van der Waals surface area contributed by atoms with Crippen LogP contribution in [0, 0.1) is 16.0 Å². The van der Waals surface area contributed by atoms with Crippen molar-refractivity contribution in [1.82, 2.24) is 15.0 Å². The lowest BCUT2D eigenvalue weighted by atomic mass is 10.2. The zero-order chi connectivity index (χ0) is 21.8. The molecule has 9 nitrogen and oxygen atoms in total. The third kappa shape index (κ3) is 4.36. The van der Waals surface area contributed by atoms with Crippen molar-refractivity contribution in [3.05, 3.63) is 57.1 Å². The number of aromatic nitrogens is 2. The molecule has 0 fully saturated rings. The van der Waals surface area contributed by atoms with Gasteiger partial charge in [0.25, 0.3) is 5.91 Å². The molecule has 1 atom stereocenters. The lowest BCUT2D eigenvalue weighted by molar-refractivity contribution is -0.0297. The highest BCUT2D eigenvalue weighted by Gasteiger charge is 2.24. The van der Waals surface area contributed by atoms with Crippen LogP contribution in [0.5, 0.6) is 0 Å². The number of aliphatic hydroxyl groups excluding tert-OH is 2. The van der Waals surface area contributed by atoms with Crippen molar-refractivity contribution < 1.29 is 24.2 Å². The molecule has 0 aliphatic heterocycles. The Kier molecular flexibility index (Phi) is 6.83. The Morgan fingerprint density at radius 2 is 2.23 bits per heavy atom. The van der Waals surface area contributed by atoms with E-state index in [0.29, 0.717) is 14.5 Å². The van der Waals surface area contributed by atoms with Crippen LogP contribution in [-0.4, -0.2) is 45.0 Å². The number of pyridine rings is 1. The van der Waals surface area contributed by atoms with Gasteiger partial charge in [-0.15, -0.1) is 0 Å². The van der Waals surface area contributed by atoms with E-state index in [9.17, 15) is 14.3 Å². The summed E-state index contributed by atoms with van der Waals surface area (Å²) in [5.74, 6) is -1.20. The van der Waals surface area contributed by atoms with Crippen molar-refractivity contribution in [3.63, 3.8) is 0 Å². The first-order valence-corrected chi connectivity index (χ1v) is 9.72. The average molecular weight is 525 g/mol. The largest absolute Gasteiger partial charge is 0.394 e. The average Bonchev–Trinajstić information content (AvgIpc) is 3.01. The van der Waals surface area contributed by atoms with E-state index in [1.54, 1.807) is 13.1 Å². The topological polar surface area (TPSA) is 113 Å². The molecule has 3 aromatic rings. The van der Waals surface area contributed by atoms with Crippen molar-refractivity contribution in [2.75, 3.05) is 18.5 Å².